The molecule has 8 nitrogen and oxygen atoms in total. The van der Waals surface area contributed by atoms with Gasteiger partial charge in [0.2, 0.25) is 12.7 Å². The van der Waals surface area contributed by atoms with Gasteiger partial charge in [-0.1, -0.05) is 109 Å². The van der Waals surface area contributed by atoms with Gasteiger partial charge in [0.15, 0.2) is 23.4 Å². The number of esters is 1. The van der Waals surface area contributed by atoms with Crippen LogP contribution in [0.15, 0.2) is 133 Å². The average Bonchev–Trinajstić information content (AvgIpc) is 3.84. The lowest BCUT2D eigenvalue weighted by atomic mass is 9.64. The second-order valence-electron chi connectivity index (χ2n) is 12.6. The molecule has 0 bridgehead atoms. The molecule has 5 aromatic carbocycles. The Balaban J connectivity index is 1.26. The fourth-order valence-corrected chi connectivity index (χ4v) is 8.09. The van der Waals surface area contributed by atoms with E-state index in [0.717, 1.165) is 22.4 Å². The Bertz CT molecular complexity index is 2130. The van der Waals surface area contributed by atoms with E-state index >= 15 is 9.59 Å². The molecule has 1 saturated heterocycles. The molecule has 4 atom stereocenters. The molecular formula is C41H30N2O6. The molecule has 0 saturated carbocycles. The lowest BCUT2D eigenvalue weighted by Gasteiger charge is -2.37. The molecule has 0 aliphatic carbocycles. The summed E-state index contributed by atoms with van der Waals surface area (Å²) in [6, 6.07) is 37.4. The van der Waals surface area contributed by atoms with Gasteiger partial charge in [-0.3, -0.25) is 9.59 Å². The van der Waals surface area contributed by atoms with Crippen LogP contribution in [0.3, 0.4) is 0 Å². The van der Waals surface area contributed by atoms with Crippen molar-refractivity contribution in [3.8, 4) is 11.5 Å². The van der Waals surface area contributed by atoms with Crippen molar-refractivity contribution in [2.45, 2.75) is 23.6 Å². The normalized spacial score (nSPS) is 22.4. The van der Waals surface area contributed by atoms with Gasteiger partial charge < -0.3 is 24.4 Å². The largest absolute Gasteiger partial charge is 0.454 e. The van der Waals surface area contributed by atoms with Gasteiger partial charge in [-0.15, -0.1) is 0 Å². The maximum absolute atomic E-state index is 15.2. The number of nitrogens with one attached hydrogen (secondary N) is 1. The Hall–Kier alpha value is -6.15. The monoisotopic (exact) mass is 646 g/mol. The first-order chi connectivity index (χ1) is 24.1. The zero-order chi connectivity index (χ0) is 33.1. The Labute approximate surface area is 282 Å². The third-order valence-corrected chi connectivity index (χ3v) is 10.2. The molecule has 240 valence electrons. The molecule has 1 N–H and O–H groups in total. The molecule has 1 spiro atoms. The van der Waals surface area contributed by atoms with Crippen molar-refractivity contribution in [3.63, 3.8) is 0 Å². The number of para-hydroxylation sites is 2. The van der Waals surface area contributed by atoms with Crippen molar-refractivity contribution in [1.29, 1.82) is 0 Å². The van der Waals surface area contributed by atoms with Gasteiger partial charge in [0, 0.05) is 16.9 Å². The van der Waals surface area contributed by atoms with Crippen LogP contribution in [0.2, 0.25) is 0 Å². The number of fused-ring (bicyclic) bond motifs is 7. The zero-order valence-electron chi connectivity index (χ0n) is 26.2. The van der Waals surface area contributed by atoms with Crippen molar-refractivity contribution < 1.29 is 28.6 Å². The van der Waals surface area contributed by atoms with E-state index in [1.54, 1.807) is 18.2 Å². The van der Waals surface area contributed by atoms with Crippen LogP contribution in [-0.2, 0) is 19.7 Å². The van der Waals surface area contributed by atoms with E-state index in [1.807, 2.05) is 126 Å². The number of benzene rings is 5. The summed E-state index contributed by atoms with van der Waals surface area (Å²) in [7, 11) is 0. The highest BCUT2D eigenvalue weighted by Gasteiger charge is 2.71. The second-order valence-corrected chi connectivity index (χ2v) is 12.6. The smallest absolute Gasteiger partial charge is 0.330 e. The summed E-state index contributed by atoms with van der Waals surface area (Å²) in [4.78, 5) is 47.0. The molecule has 4 aliphatic heterocycles. The highest BCUT2D eigenvalue weighted by Crippen LogP contribution is 2.58. The van der Waals surface area contributed by atoms with Crippen LogP contribution in [0.25, 0.3) is 6.08 Å². The summed E-state index contributed by atoms with van der Waals surface area (Å²) in [6.07, 6.45) is 3.16. The van der Waals surface area contributed by atoms with Crippen LogP contribution in [-0.4, -0.2) is 36.5 Å². The minimum Gasteiger partial charge on any atom is -0.454 e. The van der Waals surface area contributed by atoms with E-state index in [4.69, 9.17) is 14.2 Å². The van der Waals surface area contributed by atoms with Gasteiger partial charge in [-0.2, -0.15) is 0 Å². The molecule has 1 amide bonds. The third kappa shape index (κ3) is 4.33. The number of amides is 1. The Morgan fingerprint density at radius 1 is 0.796 bits per heavy atom. The summed E-state index contributed by atoms with van der Waals surface area (Å²) in [5.41, 5.74) is 3.30. The van der Waals surface area contributed by atoms with Crippen LogP contribution in [0.5, 0.6) is 11.5 Å². The van der Waals surface area contributed by atoms with Gasteiger partial charge in [0.1, 0.15) is 11.5 Å². The van der Waals surface area contributed by atoms with Gasteiger partial charge in [0.25, 0.3) is 0 Å². The quantitative estimate of drug-likeness (QED) is 0.162. The SMILES string of the molecule is O=C(OC(c1ccccc1)c1ccccc1)[C@@H]1[C@H](C(=O)c2ccc3c(c2)OCO3)[C@]2(C(=O)Nc3ccccc32)[C@@H]2C=Cc3ccccc3N12. The first kappa shape index (κ1) is 29.0. The van der Waals surface area contributed by atoms with Gasteiger partial charge in [-0.05, 0) is 52.6 Å². The molecule has 5 aromatic rings. The maximum Gasteiger partial charge on any atom is 0.330 e. The summed E-state index contributed by atoms with van der Waals surface area (Å²) in [6.45, 7) is 0.0445. The summed E-state index contributed by atoms with van der Waals surface area (Å²) >= 11 is 0. The molecule has 0 aromatic heterocycles. The van der Waals surface area contributed by atoms with E-state index in [1.165, 1.54) is 0 Å². The standard InChI is InChI=1S/C41H30N2O6/c44-37(28-19-21-32-33(23-28)48-24-47-32)35-36(39(45)49-38(26-12-3-1-4-13-26)27-14-5-2-6-15-27)43-31-18-10-7-11-25(31)20-22-34(43)41(35)29-16-8-9-17-30(29)42-40(41)46/h1-23,34-36,38H,24H2,(H,42,46)/t34-,35+,36-,41+/m0/s1. The molecule has 49 heavy (non-hydrogen) atoms. The van der Waals surface area contributed by atoms with Crippen molar-refractivity contribution in [2.24, 2.45) is 5.92 Å². The van der Waals surface area contributed by atoms with E-state index in [0.29, 0.717) is 28.3 Å². The summed E-state index contributed by atoms with van der Waals surface area (Å²) in [5, 5.41) is 3.07. The van der Waals surface area contributed by atoms with Crippen LogP contribution >= 0.6 is 0 Å². The third-order valence-electron chi connectivity index (χ3n) is 10.2. The Kier molecular flexibility index (Phi) is 6.65. The van der Waals surface area contributed by atoms with E-state index in [9.17, 15) is 4.79 Å². The predicted molar refractivity (Wildman–Crippen MR) is 183 cm³/mol. The number of hydrogen-bond donors (Lipinski definition) is 1. The second kappa shape index (κ2) is 11.2. The highest BCUT2D eigenvalue weighted by molar-refractivity contribution is 6.16. The number of ether oxygens (including phenoxy) is 3. The number of carbonyl (C=O) groups is 3. The lowest BCUT2D eigenvalue weighted by molar-refractivity contribution is -0.150. The molecule has 4 heterocycles. The highest BCUT2D eigenvalue weighted by atomic mass is 16.7. The first-order valence-corrected chi connectivity index (χ1v) is 16.3. The maximum atomic E-state index is 15.2. The Morgan fingerprint density at radius 3 is 2.24 bits per heavy atom. The van der Waals surface area contributed by atoms with Crippen molar-refractivity contribution in [1.82, 2.24) is 0 Å². The number of Topliss-reactive ketones (excluding diaryl/α,β-unsaturated/α-hetero) is 1. The van der Waals surface area contributed by atoms with Crippen LogP contribution in [0.1, 0.15) is 38.7 Å². The van der Waals surface area contributed by atoms with E-state index in [2.05, 4.69) is 5.32 Å². The molecule has 1 fully saturated rings. The number of rotatable bonds is 6. The van der Waals surface area contributed by atoms with Gasteiger partial charge in [-0.25, -0.2) is 4.79 Å². The predicted octanol–water partition coefficient (Wildman–Crippen LogP) is 6.72. The number of ketones is 1. The van der Waals surface area contributed by atoms with Crippen molar-refractivity contribution in [3.05, 3.63) is 161 Å². The molecule has 0 radical (unpaired) electrons. The molecular weight excluding hydrogens is 616 g/mol. The van der Waals surface area contributed by atoms with Crippen LogP contribution < -0.4 is 19.7 Å². The van der Waals surface area contributed by atoms with Crippen molar-refractivity contribution in [2.75, 3.05) is 17.0 Å². The minimum atomic E-state index is -1.47. The number of carbonyl (C=O) groups excluding carboxylic acids is 3. The summed E-state index contributed by atoms with van der Waals surface area (Å²) in [5.74, 6) is -1.55. The van der Waals surface area contributed by atoms with Gasteiger partial charge in [0.05, 0.1) is 12.0 Å². The summed E-state index contributed by atoms with van der Waals surface area (Å²) < 4.78 is 17.7. The zero-order valence-corrected chi connectivity index (χ0v) is 26.2. The van der Waals surface area contributed by atoms with Crippen molar-refractivity contribution >= 4 is 35.1 Å². The van der Waals surface area contributed by atoms with E-state index in [-0.39, 0.29) is 18.5 Å². The Morgan fingerprint density at radius 2 is 1.47 bits per heavy atom. The molecule has 0 unspecified atom stereocenters. The molecule has 4 aliphatic rings. The van der Waals surface area contributed by atoms with Gasteiger partial charge >= 0.3 is 5.97 Å². The fraction of sp³-hybridized carbons (Fsp3) is 0.146. The lowest BCUT2D eigenvalue weighted by Crippen LogP contribution is -2.51. The van der Waals surface area contributed by atoms with E-state index < -0.39 is 35.5 Å². The minimum absolute atomic E-state index is 0.0445. The topological polar surface area (TPSA) is 94.2 Å². The van der Waals surface area contributed by atoms with Crippen LogP contribution in [0.4, 0.5) is 11.4 Å². The average molecular weight is 647 g/mol. The molecule has 9 rings (SSSR count). The number of hydrogen-bond acceptors (Lipinski definition) is 7. The fourth-order valence-electron chi connectivity index (χ4n) is 8.09. The number of nitrogens with zero attached hydrogens (tertiary/aromatic N) is 1. The first-order valence-electron chi connectivity index (χ1n) is 16.3. The number of anilines is 2. The molecule has 8 heteroatoms. The van der Waals surface area contributed by atoms with Crippen LogP contribution in [0, 0.1) is 5.92 Å².